The van der Waals surface area contributed by atoms with Gasteiger partial charge >= 0.3 is 0 Å². The number of fused-ring (bicyclic) bond motifs is 5. The molecule has 0 bridgehead atoms. The Labute approximate surface area is 334 Å². The average molecular weight is 744 g/mol. The SMILES string of the molecule is c1ccc(-c2cccc(-c3ccc(-c4nc(-c5ccc(-c6cccc7ccccc67)cc5)nc(-c5cccc6c5sc5ccccc56)n4)c4ccccc34)c2)cc1. The predicted molar refractivity (Wildman–Crippen MR) is 240 cm³/mol. The van der Waals surface area contributed by atoms with Gasteiger partial charge in [-0.1, -0.05) is 176 Å². The van der Waals surface area contributed by atoms with Gasteiger partial charge in [0.15, 0.2) is 17.5 Å². The van der Waals surface area contributed by atoms with Crippen LogP contribution in [-0.4, -0.2) is 15.0 Å². The molecule has 4 heteroatoms. The Balaban J connectivity index is 1.09. The first-order chi connectivity index (χ1) is 28.2. The molecule has 0 atom stereocenters. The molecule has 0 aliphatic rings. The second kappa shape index (κ2) is 13.8. The largest absolute Gasteiger partial charge is 0.208 e. The van der Waals surface area contributed by atoms with Gasteiger partial charge in [0, 0.05) is 36.9 Å². The van der Waals surface area contributed by atoms with Gasteiger partial charge in [-0.3, -0.25) is 0 Å². The minimum Gasteiger partial charge on any atom is -0.208 e. The first-order valence-electron chi connectivity index (χ1n) is 19.2. The van der Waals surface area contributed by atoms with Crippen molar-refractivity contribution in [1.82, 2.24) is 15.0 Å². The number of rotatable bonds is 6. The second-order valence-electron chi connectivity index (χ2n) is 14.3. The highest BCUT2D eigenvalue weighted by Crippen LogP contribution is 2.41. The van der Waals surface area contributed by atoms with Crippen molar-refractivity contribution < 1.29 is 0 Å². The van der Waals surface area contributed by atoms with Crippen molar-refractivity contribution in [2.24, 2.45) is 0 Å². The standard InChI is InChI=1S/C53H33N3S/c1-2-13-34(14-3-1)38-17-10-18-39(33-38)42-31-32-47(44-21-7-6-20-43(42)44)52-54-51(37-29-27-36(28-30-37)41-23-11-16-35-15-4-5-19-40(35)41)55-53(56-52)48-25-12-24-46-45-22-8-9-26-49(45)57-50(46)48/h1-33H. The van der Waals surface area contributed by atoms with Crippen molar-refractivity contribution in [3.8, 4) is 67.5 Å². The van der Waals surface area contributed by atoms with Crippen LogP contribution in [0, 0.1) is 0 Å². The molecule has 11 rings (SSSR count). The van der Waals surface area contributed by atoms with E-state index >= 15 is 0 Å². The first kappa shape index (κ1) is 33.1. The predicted octanol–water partition coefficient (Wildman–Crippen LogP) is 14.5. The first-order valence-corrected chi connectivity index (χ1v) is 20.0. The molecule has 2 heterocycles. The number of thiophene rings is 1. The summed E-state index contributed by atoms with van der Waals surface area (Å²) in [6.45, 7) is 0. The van der Waals surface area contributed by atoms with E-state index in [9.17, 15) is 0 Å². The molecule has 0 radical (unpaired) electrons. The highest BCUT2D eigenvalue weighted by Gasteiger charge is 2.19. The highest BCUT2D eigenvalue weighted by atomic mass is 32.1. The molecule has 266 valence electrons. The van der Waals surface area contributed by atoms with Gasteiger partial charge in [0.2, 0.25) is 0 Å². The number of hydrogen-bond donors (Lipinski definition) is 0. The van der Waals surface area contributed by atoms with E-state index < -0.39 is 0 Å². The summed E-state index contributed by atoms with van der Waals surface area (Å²) in [4.78, 5) is 15.8. The zero-order valence-electron chi connectivity index (χ0n) is 30.8. The van der Waals surface area contributed by atoms with E-state index in [1.54, 1.807) is 11.3 Å². The van der Waals surface area contributed by atoms with E-state index in [0.29, 0.717) is 17.5 Å². The lowest BCUT2D eigenvalue weighted by atomic mass is 9.93. The van der Waals surface area contributed by atoms with E-state index in [4.69, 9.17) is 15.0 Å². The molecule has 57 heavy (non-hydrogen) atoms. The molecule has 2 aromatic heterocycles. The summed E-state index contributed by atoms with van der Waals surface area (Å²) < 4.78 is 2.42. The lowest BCUT2D eigenvalue weighted by Crippen LogP contribution is -2.01. The zero-order valence-corrected chi connectivity index (χ0v) is 31.6. The number of nitrogens with zero attached hydrogens (tertiary/aromatic N) is 3. The molecule has 3 nitrogen and oxygen atoms in total. The van der Waals surface area contributed by atoms with Gasteiger partial charge in [0.25, 0.3) is 0 Å². The van der Waals surface area contributed by atoms with Crippen LogP contribution in [-0.2, 0) is 0 Å². The van der Waals surface area contributed by atoms with Gasteiger partial charge in [-0.2, -0.15) is 0 Å². The molecule has 0 saturated carbocycles. The normalized spacial score (nSPS) is 11.5. The van der Waals surface area contributed by atoms with E-state index in [2.05, 4.69) is 200 Å². The fraction of sp³-hybridized carbons (Fsp3) is 0. The van der Waals surface area contributed by atoms with Crippen molar-refractivity contribution >= 4 is 53.1 Å². The van der Waals surface area contributed by atoms with E-state index in [1.807, 2.05) is 0 Å². The molecule has 0 spiro atoms. The van der Waals surface area contributed by atoms with Crippen molar-refractivity contribution in [1.29, 1.82) is 0 Å². The highest BCUT2D eigenvalue weighted by molar-refractivity contribution is 7.26. The van der Waals surface area contributed by atoms with Gasteiger partial charge in [0.05, 0.1) is 0 Å². The summed E-state index contributed by atoms with van der Waals surface area (Å²) in [5, 5.41) is 7.16. The van der Waals surface area contributed by atoms with Crippen molar-refractivity contribution in [2.75, 3.05) is 0 Å². The summed E-state index contributed by atoms with van der Waals surface area (Å²) in [7, 11) is 0. The van der Waals surface area contributed by atoms with Crippen LogP contribution < -0.4 is 0 Å². The van der Waals surface area contributed by atoms with E-state index in [1.165, 1.54) is 58.8 Å². The van der Waals surface area contributed by atoms with Crippen LogP contribution in [0.4, 0.5) is 0 Å². The molecule has 11 aromatic rings. The topological polar surface area (TPSA) is 38.7 Å². The Morgan fingerprint density at radius 2 is 0.807 bits per heavy atom. The van der Waals surface area contributed by atoms with Crippen molar-refractivity contribution in [2.45, 2.75) is 0 Å². The van der Waals surface area contributed by atoms with Gasteiger partial charge in [-0.25, -0.2) is 15.0 Å². The van der Waals surface area contributed by atoms with Gasteiger partial charge in [0.1, 0.15) is 0 Å². The van der Waals surface area contributed by atoms with E-state index in [0.717, 1.165) is 33.0 Å². The molecule has 0 unspecified atom stereocenters. The summed E-state index contributed by atoms with van der Waals surface area (Å²) >= 11 is 1.79. The molecular weight excluding hydrogens is 711 g/mol. The average Bonchev–Trinajstić information content (AvgIpc) is 3.68. The second-order valence-corrected chi connectivity index (χ2v) is 15.4. The Kier molecular flexibility index (Phi) is 8.01. The van der Waals surface area contributed by atoms with Crippen molar-refractivity contribution in [3.63, 3.8) is 0 Å². The molecule has 0 fully saturated rings. The fourth-order valence-corrected chi connectivity index (χ4v) is 9.40. The Hall–Kier alpha value is -7.27. The number of aromatic nitrogens is 3. The third-order valence-corrected chi connectivity index (χ3v) is 12.2. The van der Waals surface area contributed by atoms with Crippen LogP contribution in [0.15, 0.2) is 200 Å². The van der Waals surface area contributed by atoms with Crippen molar-refractivity contribution in [3.05, 3.63) is 200 Å². The quantitative estimate of drug-likeness (QED) is 0.170. The summed E-state index contributed by atoms with van der Waals surface area (Å²) in [5.41, 5.74) is 9.98. The lowest BCUT2D eigenvalue weighted by molar-refractivity contribution is 1.08. The number of benzene rings is 9. The Morgan fingerprint density at radius 1 is 0.281 bits per heavy atom. The summed E-state index contributed by atoms with van der Waals surface area (Å²) in [5.74, 6) is 1.95. The van der Waals surface area contributed by atoms with Gasteiger partial charge in [-0.15, -0.1) is 11.3 Å². The summed E-state index contributed by atoms with van der Waals surface area (Å²) in [6.07, 6.45) is 0. The zero-order chi connectivity index (χ0) is 37.7. The monoisotopic (exact) mass is 743 g/mol. The van der Waals surface area contributed by atoms with Crippen LogP contribution >= 0.6 is 11.3 Å². The number of hydrogen-bond acceptors (Lipinski definition) is 4. The van der Waals surface area contributed by atoms with Crippen LogP contribution in [0.3, 0.4) is 0 Å². The third-order valence-electron chi connectivity index (χ3n) is 11.0. The maximum Gasteiger partial charge on any atom is 0.165 e. The molecule has 0 aliphatic heterocycles. The van der Waals surface area contributed by atoms with Crippen LogP contribution in [0.5, 0.6) is 0 Å². The summed E-state index contributed by atoms with van der Waals surface area (Å²) in [6, 6.07) is 71.1. The molecular formula is C53H33N3S. The third kappa shape index (κ3) is 5.86. The molecule has 0 N–H and O–H groups in total. The Morgan fingerprint density at radius 3 is 1.65 bits per heavy atom. The van der Waals surface area contributed by atoms with Gasteiger partial charge < -0.3 is 0 Å². The van der Waals surface area contributed by atoms with Crippen LogP contribution in [0.1, 0.15) is 0 Å². The minimum atomic E-state index is 0.640. The van der Waals surface area contributed by atoms with Crippen LogP contribution in [0.2, 0.25) is 0 Å². The molecule has 9 aromatic carbocycles. The maximum absolute atomic E-state index is 5.31. The van der Waals surface area contributed by atoms with Gasteiger partial charge in [-0.05, 0) is 79.2 Å². The van der Waals surface area contributed by atoms with Crippen LogP contribution in [0.25, 0.3) is 109 Å². The lowest BCUT2D eigenvalue weighted by Gasteiger charge is -2.14. The molecule has 0 saturated heterocycles. The Bertz CT molecular complexity index is 3290. The van der Waals surface area contributed by atoms with E-state index in [-0.39, 0.29) is 0 Å². The molecule has 0 aliphatic carbocycles. The molecule has 0 amide bonds. The maximum atomic E-state index is 5.31. The fourth-order valence-electron chi connectivity index (χ4n) is 8.19. The minimum absolute atomic E-state index is 0.640. The smallest absolute Gasteiger partial charge is 0.165 e.